The Labute approximate surface area is 193 Å². The third kappa shape index (κ3) is 4.12. The van der Waals surface area contributed by atoms with Gasteiger partial charge in [-0.3, -0.25) is 13.8 Å². The number of hydrogen-bond acceptors (Lipinski definition) is 4. The van der Waals surface area contributed by atoms with Crippen molar-refractivity contribution < 1.29 is 13.2 Å². The van der Waals surface area contributed by atoms with E-state index in [0.29, 0.717) is 35.1 Å². The number of carbonyl (C=O) groups excluding carboxylic acids is 1. The van der Waals surface area contributed by atoms with E-state index in [0.717, 1.165) is 11.1 Å². The Morgan fingerprint density at radius 1 is 1.16 bits per heavy atom. The number of para-hydroxylation sites is 1. The second kappa shape index (κ2) is 8.60. The monoisotopic (exact) mass is 472 g/mol. The molecule has 0 bridgehead atoms. The molecule has 1 N–H and O–H groups in total. The molecule has 4 rings (SSSR count). The van der Waals surface area contributed by atoms with E-state index in [1.807, 2.05) is 43.3 Å². The third-order valence-electron chi connectivity index (χ3n) is 5.75. The molecular weight excluding hydrogens is 448 g/mol. The minimum absolute atomic E-state index is 0.0727. The van der Waals surface area contributed by atoms with E-state index in [1.54, 1.807) is 26.0 Å². The van der Waals surface area contributed by atoms with Crippen LogP contribution in [0.1, 0.15) is 35.5 Å². The van der Waals surface area contributed by atoms with Crippen LogP contribution >= 0.6 is 11.6 Å². The third-order valence-corrected chi connectivity index (χ3v) is 8.07. The predicted octanol–water partition coefficient (Wildman–Crippen LogP) is 3.78. The number of halogens is 1. The lowest BCUT2D eigenvalue weighted by Gasteiger charge is -2.20. The second-order valence-electron chi connectivity index (χ2n) is 7.95. The summed E-state index contributed by atoms with van der Waals surface area (Å²) in [5.74, 6) is -0.256. The number of nitrogens with zero attached hydrogens (tertiary/aromatic N) is 3. The van der Waals surface area contributed by atoms with Gasteiger partial charge < -0.3 is 5.32 Å². The van der Waals surface area contributed by atoms with Crippen LogP contribution in [-0.4, -0.2) is 30.7 Å². The van der Waals surface area contributed by atoms with Crippen molar-refractivity contribution >= 4 is 33.2 Å². The van der Waals surface area contributed by atoms with E-state index in [2.05, 4.69) is 10.4 Å². The Balaban J connectivity index is 1.54. The van der Waals surface area contributed by atoms with E-state index in [4.69, 9.17) is 11.6 Å². The quantitative estimate of drug-likeness (QED) is 0.591. The first-order chi connectivity index (χ1) is 15.2. The maximum absolute atomic E-state index is 13.5. The molecule has 2 heterocycles. The Morgan fingerprint density at radius 3 is 2.56 bits per heavy atom. The van der Waals surface area contributed by atoms with E-state index in [9.17, 15) is 13.2 Å². The van der Waals surface area contributed by atoms with Gasteiger partial charge in [0.05, 0.1) is 23.1 Å². The minimum Gasteiger partial charge on any atom is -0.348 e. The number of sulfonamides is 1. The largest absolute Gasteiger partial charge is 0.348 e. The van der Waals surface area contributed by atoms with E-state index in [1.165, 1.54) is 8.99 Å². The van der Waals surface area contributed by atoms with Crippen molar-refractivity contribution in [3.05, 3.63) is 76.1 Å². The molecular formula is C23H25ClN4O3S. The molecule has 0 aliphatic carbocycles. The molecule has 1 aliphatic heterocycles. The van der Waals surface area contributed by atoms with Crippen LogP contribution in [0.5, 0.6) is 0 Å². The number of amides is 1. The number of rotatable bonds is 6. The van der Waals surface area contributed by atoms with Crippen LogP contribution in [0.3, 0.4) is 0 Å². The lowest BCUT2D eigenvalue weighted by molar-refractivity contribution is -0.122. The normalized spacial score (nSPS) is 14.3. The minimum atomic E-state index is -3.79. The highest BCUT2D eigenvalue weighted by Gasteiger charge is 2.35. The number of aromatic nitrogens is 2. The maximum atomic E-state index is 13.5. The van der Waals surface area contributed by atoms with Crippen molar-refractivity contribution in [2.45, 2.75) is 44.7 Å². The summed E-state index contributed by atoms with van der Waals surface area (Å²) in [5.41, 5.74) is 3.46. The highest BCUT2D eigenvalue weighted by Crippen LogP contribution is 2.34. The number of fused-ring (bicyclic) bond motifs is 1. The predicted molar refractivity (Wildman–Crippen MR) is 124 cm³/mol. The number of hydrogen-bond donors (Lipinski definition) is 1. The zero-order valence-corrected chi connectivity index (χ0v) is 19.7. The molecule has 0 saturated carbocycles. The molecule has 168 valence electrons. The topological polar surface area (TPSA) is 84.3 Å². The number of aryl methyl sites for hydroxylation is 1. The van der Waals surface area contributed by atoms with E-state index < -0.39 is 10.0 Å². The molecule has 0 fully saturated rings. The van der Waals surface area contributed by atoms with Gasteiger partial charge in [-0.2, -0.15) is 5.10 Å². The zero-order valence-electron chi connectivity index (χ0n) is 18.2. The average molecular weight is 473 g/mol. The number of benzene rings is 2. The first-order valence-electron chi connectivity index (χ1n) is 10.4. The molecule has 0 radical (unpaired) electrons. The van der Waals surface area contributed by atoms with Crippen LogP contribution in [0.4, 0.5) is 5.69 Å². The maximum Gasteiger partial charge on any atom is 0.268 e. The SMILES string of the molecule is Cc1nn(CC(=O)NC(C)c2ccc(Cl)cc2)c(C)c1S(=O)(=O)N1CCc2ccccc21. The van der Waals surface area contributed by atoms with Gasteiger partial charge in [-0.1, -0.05) is 41.9 Å². The molecule has 7 nitrogen and oxygen atoms in total. The van der Waals surface area contributed by atoms with Crippen LogP contribution in [0.15, 0.2) is 53.4 Å². The molecule has 1 aromatic heterocycles. The number of nitrogens with one attached hydrogen (secondary N) is 1. The fourth-order valence-electron chi connectivity index (χ4n) is 4.13. The number of carbonyl (C=O) groups is 1. The number of anilines is 1. The summed E-state index contributed by atoms with van der Waals surface area (Å²) < 4.78 is 29.9. The van der Waals surface area contributed by atoms with Gasteiger partial charge in [0.15, 0.2) is 0 Å². The lowest BCUT2D eigenvalue weighted by atomic mass is 10.1. The van der Waals surface area contributed by atoms with Crippen molar-refractivity contribution in [3.63, 3.8) is 0 Å². The Morgan fingerprint density at radius 2 is 1.84 bits per heavy atom. The van der Waals surface area contributed by atoms with E-state index >= 15 is 0 Å². The second-order valence-corrected chi connectivity index (χ2v) is 10.2. The molecule has 32 heavy (non-hydrogen) atoms. The summed E-state index contributed by atoms with van der Waals surface area (Å²) >= 11 is 5.92. The lowest BCUT2D eigenvalue weighted by Crippen LogP contribution is -2.31. The molecule has 2 aromatic carbocycles. The Kier molecular flexibility index (Phi) is 6.01. The zero-order chi connectivity index (χ0) is 23.0. The standard InChI is InChI=1S/C23H25ClN4O3S/c1-15(18-8-10-20(24)11-9-18)25-22(29)14-27-17(3)23(16(2)26-27)32(30,31)28-13-12-19-6-4-5-7-21(19)28/h4-11,15H,12-14H2,1-3H3,(H,25,29). The average Bonchev–Trinajstić information content (AvgIpc) is 3.30. The molecule has 1 amide bonds. The van der Waals surface area contributed by atoms with Crippen LogP contribution in [0.2, 0.25) is 5.02 Å². The van der Waals surface area contributed by atoms with Crippen LogP contribution < -0.4 is 9.62 Å². The van der Waals surface area contributed by atoms with Crippen molar-refractivity contribution in [1.82, 2.24) is 15.1 Å². The van der Waals surface area contributed by atoms with Gasteiger partial charge in [0.2, 0.25) is 5.91 Å². The van der Waals surface area contributed by atoms with Gasteiger partial charge in [-0.15, -0.1) is 0 Å². The van der Waals surface area contributed by atoms with Crippen molar-refractivity contribution in [1.29, 1.82) is 0 Å². The molecule has 0 saturated heterocycles. The van der Waals surface area contributed by atoms with Gasteiger partial charge in [-0.25, -0.2) is 8.42 Å². The van der Waals surface area contributed by atoms with Gasteiger partial charge >= 0.3 is 0 Å². The summed E-state index contributed by atoms with van der Waals surface area (Å²) in [6.45, 7) is 5.54. The van der Waals surface area contributed by atoms with Gasteiger partial charge in [0, 0.05) is 11.6 Å². The highest BCUT2D eigenvalue weighted by atomic mass is 35.5. The van der Waals surface area contributed by atoms with Gasteiger partial charge in [0.1, 0.15) is 11.4 Å². The first-order valence-corrected chi connectivity index (χ1v) is 12.2. The summed E-state index contributed by atoms with van der Waals surface area (Å²) in [4.78, 5) is 12.8. The van der Waals surface area contributed by atoms with Crippen molar-refractivity contribution in [2.24, 2.45) is 0 Å². The Bertz CT molecular complexity index is 1270. The Hall–Kier alpha value is -2.84. The van der Waals surface area contributed by atoms with Gasteiger partial charge in [-0.05, 0) is 56.5 Å². The molecule has 9 heteroatoms. The fraction of sp³-hybridized carbons (Fsp3) is 0.304. The molecule has 3 aromatic rings. The summed E-state index contributed by atoms with van der Waals surface area (Å²) in [6.07, 6.45) is 0.673. The summed E-state index contributed by atoms with van der Waals surface area (Å²) in [7, 11) is -3.79. The molecule has 1 atom stereocenters. The van der Waals surface area contributed by atoms with Crippen LogP contribution in [-0.2, 0) is 27.8 Å². The van der Waals surface area contributed by atoms with Crippen molar-refractivity contribution in [2.75, 3.05) is 10.8 Å². The van der Waals surface area contributed by atoms with Crippen LogP contribution in [0, 0.1) is 13.8 Å². The van der Waals surface area contributed by atoms with Gasteiger partial charge in [0.25, 0.3) is 10.0 Å². The summed E-state index contributed by atoms with van der Waals surface area (Å²) in [5, 5.41) is 7.92. The fourth-order valence-corrected chi connectivity index (χ4v) is 6.14. The van der Waals surface area contributed by atoms with E-state index in [-0.39, 0.29) is 23.4 Å². The van der Waals surface area contributed by atoms with Crippen LogP contribution in [0.25, 0.3) is 0 Å². The highest BCUT2D eigenvalue weighted by molar-refractivity contribution is 7.93. The summed E-state index contributed by atoms with van der Waals surface area (Å²) in [6, 6.07) is 14.5. The molecule has 1 unspecified atom stereocenters. The first kappa shape index (κ1) is 22.4. The molecule has 1 aliphatic rings. The van der Waals surface area contributed by atoms with Crippen molar-refractivity contribution in [3.8, 4) is 0 Å². The molecule has 0 spiro atoms. The smallest absolute Gasteiger partial charge is 0.268 e.